The second-order valence-electron chi connectivity index (χ2n) is 4.97. The lowest BCUT2D eigenvalue weighted by atomic mass is 10.1. The summed E-state index contributed by atoms with van der Waals surface area (Å²) in [7, 11) is 0. The standard InChI is InChI=1S/C15H14FN3O/c1-10-18-13-6-5-11(16)9-12(13)14(20)19(10)15(2)7-3-4-8-17-15/h3-9,17H,1-2H3. The van der Waals surface area contributed by atoms with Crippen LogP contribution in [0.3, 0.4) is 0 Å². The molecule has 1 N–H and O–H groups in total. The normalized spacial score (nSPS) is 21.1. The Balaban J connectivity index is 2.34. The van der Waals surface area contributed by atoms with Crippen molar-refractivity contribution in [3.05, 3.63) is 64.6 Å². The number of hydrogen-bond donors (Lipinski definition) is 1. The summed E-state index contributed by atoms with van der Waals surface area (Å²) in [4.78, 5) is 17.1. The third-order valence-electron chi connectivity index (χ3n) is 3.47. The number of dihydropyridines is 1. The van der Waals surface area contributed by atoms with Crippen molar-refractivity contribution in [1.82, 2.24) is 14.9 Å². The highest BCUT2D eigenvalue weighted by Crippen LogP contribution is 2.19. The van der Waals surface area contributed by atoms with Gasteiger partial charge >= 0.3 is 0 Å². The predicted molar refractivity (Wildman–Crippen MR) is 75.8 cm³/mol. The molecule has 0 amide bonds. The fourth-order valence-electron chi connectivity index (χ4n) is 2.52. The van der Waals surface area contributed by atoms with E-state index in [4.69, 9.17) is 0 Å². The summed E-state index contributed by atoms with van der Waals surface area (Å²) >= 11 is 0. The van der Waals surface area contributed by atoms with E-state index in [2.05, 4.69) is 10.3 Å². The molecule has 20 heavy (non-hydrogen) atoms. The van der Waals surface area contributed by atoms with Gasteiger partial charge in [-0.3, -0.25) is 9.36 Å². The highest BCUT2D eigenvalue weighted by Gasteiger charge is 2.27. The number of hydrogen-bond acceptors (Lipinski definition) is 3. The number of aromatic nitrogens is 2. The summed E-state index contributed by atoms with van der Waals surface area (Å²) in [5, 5.41) is 3.41. The highest BCUT2D eigenvalue weighted by molar-refractivity contribution is 5.77. The van der Waals surface area contributed by atoms with E-state index in [0.29, 0.717) is 11.3 Å². The molecule has 2 aromatic rings. The number of nitrogens with one attached hydrogen (secondary N) is 1. The molecule has 4 nitrogen and oxygen atoms in total. The number of benzene rings is 1. The molecule has 1 unspecified atom stereocenters. The molecule has 5 heteroatoms. The van der Waals surface area contributed by atoms with Crippen molar-refractivity contribution in [3.63, 3.8) is 0 Å². The van der Waals surface area contributed by atoms with Crippen LogP contribution >= 0.6 is 0 Å². The Hall–Kier alpha value is -2.43. The van der Waals surface area contributed by atoms with E-state index >= 15 is 0 Å². The first-order chi connectivity index (χ1) is 9.51. The Bertz CT molecular complexity index is 807. The predicted octanol–water partition coefficient (Wildman–Crippen LogP) is 2.19. The fraction of sp³-hybridized carbons (Fsp3) is 0.200. The molecule has 0 spiro atoms. The lowest BCUT2D eigenvalue weighted by Crippen LogP contribution is -2.48. The maximum Gasteiger partial charge on any atom is 0.263 e. The maximum atomic E-state index is 13.4. The number of aryl methyl sites for hydroxylation is 1. The van der Waals surface area contributed by atoms with Crippen LogP contribution in [0.4, 0.5) is 4.39 Å². The van der Waals surface area contributed by atoms with Gasteiger partial charge in [-0.25, -0.2) is 9.37 Å². The van der Waals surface area contributed by atoms with E-state index in [1.54, 1.807) is 13.1 Å². The fourth-order valence-corrected chi connectivity index (χ4v) is 2.52. The van der Waals surface area contributed by atoms with Gasteiger partial charge in [-0.15, -0.1) is 0 Å². The molecule has 1 aliphatic heterocycles. The summed E-state index contributed by atoms with van der Waals surface area (Å²) in [5.74, 6) is 0.132. The number of fused-ring (bicyclic) bond motifs is 1. The van der Waals surface area contributed by atoms with Gasteiger partial charge in [-0.1, -0.05) is 6.08 Å². The van der Waals surface area contributed by atoms with Crippen molar-refractivity contribution in [2.45, 2.75) is 19.5 Å². The quantitative estimate of drug-likeness (QED) is 0.865. The van der Waals surface area contributed by atoms with Gasteiger partial charge in [0.15, 0.2) is 0 Å². The average molecular weight is 271 g/mol. The number of halogens is 1. The molecule has 0 bridgehead atoms. The van der Waals surface area contributed by atoms with Gasteiger partial charge in [-0.2, -0.15) is 0 Å². The highest BCUT2D eigenvalue weighted by atomic mass is 19.1. The molecule has 0 saturated heterocycles. The molecule has 1 aromatic carbocycles. The van der Waals surface area contributed by atoms with Crippen LogP contribution in [0.1, 0.15) is 12.7 Å². The molecule has 1 aliphatic rings. The van der Waals surface area contributed by atoms with Gasteiger partial charge < -0.3 is 5.32 Å². The van der Waals surface area contributed by atoms with Crippen molar-refractivity contribution in [1.29, 1.82) is 0 Å². The van der Waals surface area contributed by atoms with E-state index in [9.17, 15) is 9.18 Å². The zero-order valence-corrected chi connectivity index (χ0v) is 11.2. The summed E-state index contributed by atoms with van der Waals surface area (Å²) in [6.45, 7) is 3.64. The van der Waals surface area contributed by atoms with Crippen LogP contribution in [-0.2, 0) is 5.66 Å². The number of allylic oxidation sites excluding steroid dienone is 2. The molecule has 3 rings (SSSR count). The molecule has 2 heterocycles. The van der Waals surface area contributed by atoms with Crippen LogP contribution in [0.5, 0.6) is 0 Å². The van der Waals surface area contributed by atoms with Crippen LogP contribution in [0, 0.1) is 12.7 Å². The smallest absolute Gasteiger partial charge is 0.263 e. The minimum atomic E-state index is -0.705. The van der Waals surface area contributed by atoms with Crippen molar-refractivity contribution in [2.75, 3.05) is 0 Å². The average Bonchev–Trinajstić information content (AvgIpc) is 2.40. The summed E-state index contributed by atoms with van der Waals surface area (Å²) in [6, 6.07) is 4.06. The zero-order chi connectivity index (χ0) is 14.3. The first-order valence-corrected chi connectivity index (χ1v) is 6.33. The Labute approximate surface area is 115 Å². The van der Waals surface area contributed by atoms with Gasteiger partial charge in [0.1, 0.15) is 17.3 Å². The van der Waals surface area contributed by atoms with Crippen molar-refractivity contribution in [2.24, 2.45) is 0 Å². The van der Waals surface area contributed by atoms with E-state index < -0.39 is 11.5 Å². The monoisotopic (exact) mass is 271 g/mol. The Morgan fingerprint density at radius 3 is 2.85 bits per heavy atom. The summed E-state index contributed by atoms with van der Waals surface area (Å²) < 4.78 is 14.9. The Kier molecular flexibility index (Phi) is 2.71. The van der Waals surface area contributed by atoms with Crippen molar-refractivity contribution >= 4 is 10.9 Å². The molecule has 1 aromatic heterocycles. The third-order valence-corrected chi connectivity index (χ3v) is 3.47. The first-order valence-electron chi connectivity index (χ1n) is 6.33. The molecule has 0 aliphatic carbocycles. The molecule has 0 saturated carbocycles. The molecule has 0 radical (unpaired) electrons. The molecule has 102 valence electrons. The summed E-state index contributed by atoms with van der Waals surface area (Å²) in [6.07, 6.45) is 7.34. The number of nitrogens with zero attached hydrogens (tertiary/aromatic N) is 2. The second kappa shape index (κ2) is 4.30. The first kappa shape index (κ1) is 12.6. The van der Waals surface area contributed by atoms with Crippen LogP contribution in [0.25, 0.3) is 10.9 Å². The molecule has 0 fully saturated rings. The number of rotatable bonds is 1. The SMILES string of the molecule is Cc1nc2ccc(F)cc2c(=O)n1C1(C)C=CC=CN1. The minimum absolute atomic E-state index is 0.262. The Morgan fingerprint density at radius 1 is 1.35 bits per heavy atom. The van der Waals surface area contributed by atoms with Crippen LogP contribution in [-0.4, -0.2) is 9.55 Å². The van der Waals surface area contributed by atoms with Gasteiger partial charge in [0.2, 0.25) is 0 Å². The summed E-state index contributed by atoms with van der Waals surface area (Å²) in [5.41, 5.74) is -0.463. The van der Waals surface area contributed by atoms with E-state index in [1.807, 2.05) is 25.2 Å². The lowest BCUT2D eigenvalue weighted by Gasteiger charge is -2.32. The molecular formula is C15H14FN3O. The van der Waals surface area contributed by atoms with Crippen LogP contribution < -0.4 is 10.9 Å². The van der Waals surface area contributed by atoms with E-state index in [1.165, 1.54) is 22.8 Å². The molecular weight excluding hydrogens is 257 g/mol. The van der Waals surface area contributed by atoms with Gasteiger partial charge in [0.25, 0.3) is 5.56 Å². The van der Waals surface area contributed by atoms with Crippen molar-refractivity contribution < 1.29 is 4.39 Å². The Morgan fingerprint density at radius 2 is 2.15 bits per heavy atom. The topological polar surface area (TPSA) is 46.9 Å². The van der Waals surface area contributed by atoms with Gasteiger partial charge in [0.05, 0.1) is 10.9 Å². The largest absolute Gasteiger partial charge is 0.365 e. The third kappa shape index (κ3) is 1.82. The van der Waals surface area contributed by atoms with Gasteiger partial charge in [0, 0.05) is 0 Å². The van der Waals surface area contributed by atoms with Crippen LogP contribution in [0.15, 0.2) is 47.4 Å². The van der Waals surface area contributed by atoms with Gasteiger partial charge in [-0.05, 0) is 50.4 Å². The van der Waals surface area contributed by atoms with Crippen LogP contribution in [0.2, 0.25) is 0 Å². The molecule has 1 atom stereocenters. The van der Waals surface area contributed by atoms with Crippen molar-refractivity contribution in [3.8, 4) is 0 Å². The minimum Gasteiger partial charge on any atom is -0.365 e. The van der Waals surface area contributed by atoms with E-state index in [-0.39, 0.29) is 10.9 Å². The second-order valence-corrected chi connectivity index (χ2v) is 4.97. The zero-order valence-electron chi connectivity index (χ0n) is 11.2. The van der Waals surface area contributed by atoms with E-state index in [0.717, 1.165) is 0 Å². The maximum absolute atomic E-state index is 13.4. The lowest BCUT2D eigenvalue weighted by molar-refractivity contribution is 0.338.